The molecule has 4 bridgehead atoms. The van der Waals surface area contributed by atoms with Gasteiger partial charge in [-0.3, -0.25) is 5.41 Å². The maximum Gasteiger partial charge on any atom is 0.193 e. The first-order valence-corrected chi connectivity index (χ1v) is 11.0. The Labute approximate surface area is 168 Å². The van der Waals surface area contributed by atoms with E-state index >= 15 is 0 Å². The number of halogens is 1. The summed E-state index contributed by atoms with van der Waals surface area (Å²) in [6.45, 7) is 0. The maximum absolute atomic E-state index is 8.61. The summed E-state index contributed by atoms with van der Waals surface area (Å²) in [5.74, 6) is 3.93. The van der Waals surface area contributed by atoms with Crippen LogP contribution in [0.5, 0.6) is 0 Å². The van der Waals surface area contributed by atoms with Crippen molar-refractivity contribution in [2.75, 3.05) is 5.32 Å². The van der Waals surface area contributed by atoms with Crippen LogP contribution in [0.25, 0.3) is 21.3 Å². The van der Waals surface area contributed by atoms with E-state index in [-0.39, 0.29) is 0 Å². The second-order valence-corrected chi connectivity index (χ2v) is 9.88. The van der Waals surface area contributed by atoms with Crippen LogP contribution in [0, 0.1) is 29.1 Å². The Morgan fingerprint density at radius 1 is 0.963 bits per heavy atom. The summed E-state index contributed by atoms with van der Waals surface area (Å²) in [5.41, 5.74) is 3.44. The zero-order valence-electron chi connectivity index (χ0n) is 15.3. The molecule has 5 aliphatic carbocycles. The van der Waals surface area contributed by atoms with E-state index in [1.54, 1.807) is 0 Å². The van der Waals surface area contributed by atoms with Crippen molar-refractivity contribution in [3.63, 3.8) is 0 Å². The predicted molar refractivity (Wildman–Crippen MR) is 116 cm³/mol. The summed E-state index contributed by atoms with van der Waals surface area (Å²) in [4.78, 5) is 0. The molecule has 4 heteroatoms. The van der Waals surface area contributed by atoms with Gasteiger partial charge in [-0.15, -0.1) is 0 Å². The van der Waals surface area contributed by atoms with Gasteiger partial charge in [-0.1, -0.05) is 40.2 Å². The molecule has 0 spiro atoms. The van der Waals surface area contributed by atoms with Gasteiger partial charge >= 0.3 is 0 Å². The third-order valence-corrected chi connectivity index (χ3v) is 8.02. The number of guanidine groups is 1. The van der Waals surface area contributed by atoms with Crippen LogP contribution >= 0.6 is 15.9 Å². The molecule has 5 aliphatic rings. The Morgan fingerprint density at radius 3 is 2.44 bits per heavy atom. The van der Waals surface area contributed by atoms with Crippen molar-refractivity contribution in [1.82, 2.24) is 5.32 Å². The first-order valence-electron chi connectivity index (χ1n) is 10.2. The summed E-state index contributed by atoms with van der Waals surface area (Å²) in [6, 6.07) is 11.2. The van der Waals surface area contributed by atoms with Gasteiger partial charge in [0.1, 0.15) is 0 Å². The summed E-state index contributed by atoms with van der Waals surface area (Å²) in [5, 5.41) is 18.1. The number of anilines is 1. The SMILES string of the molecule is N=C(Nc1ccc2cccc3c2c1C(Br)=C3)NC1C2CC3CC(C2)CC1C3. The van der Waals surface area contributed by atoms with Gasteiger partial charge < -0.3 is 10.6 Å². The maximum atomic E-state index is 8.61. The number of nitrogens with one attached hydrogen (secondary N) is 3. The molecule has 2 aromatic carbocycles. The molecule has 0 unspecified atom stereocenters. The Morgan fingerprint density at radius 2 is 1.70 bits per heavy atom. The van der Waals surface area contributed by atoms with Gasteiger partial charge in [0.2, 0.25) is 0 Å². The van der Waals surface area contributed by atoms with Crippen LogP contribution in [0.1, 0.15) is 43.2 Å². The average molecular weight is 422 g/mol. The van der Waals surface area contributed by atoms with E-state index in [9.17, 15) is 0 Å². The van der Waals surface area contributed by atoms with Crippen LogP contribution in [0.2, 0.25) is 0 Å². The molecule has 0 aliphatic heterocycles. The molecule has 27 heavy (non-hydrogen) atoms. The highest BCUT2D eigenvalue weighted by atomic mass is 79.9. The Balaban J connectivity index is 1.26. The van der Waals surface area contributed by atoms with Crippen LogP contribution in [-0.2, 0) is 0 Å². The summed E-state index contributed by atoms with van der Waals surface area (Å²) < 4.78 is 1.10. The van der Waals surface area contributed by atoms with Gasteiger partial charge in [-0.25, -0.2) is 0 Å². The number of rotatable bonds is 2. The van der Waals surface area contributed by atoms with E-state index in [0.717, 1.165) is 33.8 Å². The minimum absolute atomic E-state index is 0.452. The van der Waals surface area contributed by atoms with Gasteiger partial charge in [-0.2, -0.15) is 0 Å². The van der Waals surface area contributed by atoms with Gasteiger partial charge in [0.15, 0.2) is 5.96 Å². The smallest absolute Gasteiger partial charge is 0.193 e. The van der Waals surface area contributed by atoms with Crippen molar-refractivity contribution < 1.29 is 0 Å². The molecule has 2 aromatic rings. The first kappa shape index (κ1) is 16.2. The van der Waals surface area contributed by atoms with Crippen molar-refractivity contribution in [3.05, 3.63) is 41.5 Å². The monoisotopic (exact) mass is 421 g/mol. The van der Waals surface area contributed by atoms with Gasteiger partial charge in [0.25, 0.3) is 0 Å². The Bertz CT molecular complexity index is 965. The van der Waals surface area contributed by atoms with Crippen molar-refractivity contribution in [2.45, 2.75) is 38.1 Å². The zero-order valence-corrected chi connectivity index (χ0v) is 16.9. The lowest BCUT2D eigenvalue weighted by molar-refractivity contribution is -0.00695. The molecule has 0 heterocycles. The van der Waals surface area contributed by atoms with E-state index in [0.29, 0.717) is 12.0 Å². The fraction of sp³-hybridized carbons (Fsp3) is 0.435. The molecule has 0 atom stereocenters. The summed E-state index contributed by atoms with van der Waals surface area (Å²) in [6.07, 6.45) is 9.14. The standard InChI is InChI=1S/C23H24BrN3/c24-18-11-15-3-1-2-14-4-5-19(21(18)20(14)15)26-23(25)27-22-16-7-12-6-13(9-16)10-17(22)8-12/h1-5,11-13,16-17,22H,6-10H2,(H3,25,26,27). The van der Waals surface area contributed by atoms with Crippen molar-refractivity contribution >= 4 is 48.9 Å². The molecule has 7 rings (SSSR count). The van der Waals surface area contributed by atoms with Crippen LogP contribution in [0.3, 0.4) is 0 Å². The van der Waals surface area contributed by atoms with Crippen LogP contribution in [0.15, 0.2) is 30.3 Å². The normalized spacial score (nSPS) is 32.6. The highest BCUT2D eigenvalue weighted by Crippen LogP contribution is 2.53. The highest BCUT2D eigenvalue weighted by Gasteiger charge is 2.48. The minimum atomic E-state index is 0.452. The second kappa shape index (κ2) is 5.84. The fourth-order valence-corrected chi connectivity index (χ4v) is 7.25. The van der Waals surface area contributed by atoms with E-state index in [4.69, 9.17) is 5.41 Å². The molecular weight excluding hydrogens is 398 g/mol. The molecule has 0 aromatic heterocycles. The van der Waals surface area contributed by atoms with E-state index in [1.165, 1.54) is 54.0 Å². The number of hydrogen-bond donors (Lipinski definition) is 3. The van der Waals surface area contributed by atoms with Crippen molar-refractivity contribution in [2.24, 2.45) is 23.7 Å². The lowest BCUT2D eigenvalue weighted by Crippen LogP contribution is -2.56. The third kappa shape index (κ3) is 2.49. The average Bonchev–Trinajstić information content (AvgIpc) is 2.98. The van der Waals surface area contributed by atoms with Crippen LogP contribution in [0.4, 0.5) is 5.69 Å². The number of hydrogen-bond acceptors (Lipinski definition) is 1. The molecule has 0 saturated heterocycles. The summed E-state index contributed by atoms with van der Waals surface area (Å²) >= 11 is 3.73. The van der Waals surface area contributed by atoms with Crippen LogP contribution < -0.4 is 10.6 Å². The lowest BCUT2D eigenvalue weighted by atomic mass is 9.54. The van der Waals surface area contributed by atoms with Crippen molar-refractivity contribution in [3.8, 4) is 0 Å². The molecule has 3 nitrogen and oxygen atoms in total. The topological polar surface area (TPSA) is 47.9 Å². The fourth-order valence-electron chi connectivity index (χ4n) is 6.59. The van der Waals surface area contributed by atoms with Gasteiger partial charge in [-0.05, 0) is 84.3 Å². The lowest BCUT2D eigenvalue weighted by Gasteiger charge is -2.54. The molecular formula is C23H24BrN3. The van der Waals surface area contributed by atoms with Gasteiger partial charge in [0.05, 0.1) is 0 Å². The third-order valence-electron chi connectivity index (χ3n) is 7.40. The molecule has 4 saturated carbocycles. The zero-order chi connectivity index (χ0) is 18.1. The minimum Gasteiger partial charge on any atom is -0.353 e. The van der Waals surface area contributed by atoms with E-state index in [1.807, 2.05) is 0 Å². The Hall–Kier alpha value is -1.81. The van der Waals surface area contributed by atoms with Crippen LogP contribution in [-0.4, -0.2) is 12.0 Å². The quantitative estimate of drug-likeness (QED) is 0.423. The summed E-state index contributed by atoms with van der Waals surface area (Å²) in [7, 11) is 0. The molecule has 138 valence electrons. The number of benzene rings is 2. The van der Waals surface area contributed by atoms with E-state index in [2.05, 4.69) is 63.0 Å². The highest BCUT2D eigenvalue weighted by molar-refractivity contribution is 9.15. The Kier molecular flexibility index (Phi) is 3.50. The molecule has 4 fully saturated rings. The molecule has 0 radical (unpaired) electrons. The molecule has 0 amide bonds. The predicted octanol–water partition coefficient (Wildman–Crippen LogP) is 5.81. The van der Waals surface area contributed by atoms with Gasteiger partial charge in [0, 0.05) is 21.8 Å². The largest absolute Gasteiger partial charge is 0.353 e. The van der Waals surface area contributed by atoms with Crippen molar-refractivity contribution in [1.29, 1.82) is 5.41 Å². The molecule has 3 N–H and O–H groups in total. The van der Waals surface area contributed by atoms with E-state index < -0.39 is 0 Å². The first-order chi connectivity index (χ1) is 13.2. The second-order valence-electron chi connectivity index (χ2n) is 9.03.